The van der Waals surface area contributed by atoms with E-state index in [2.05, 4.69) is 5.32 Å². The van der Waals surface area contributed by atoms with Gasteiger partial charge in [0, 0.05) is 12.6 Å². The van der Waals surface area contributed by atoms with Crippen molar-refractivity contribution in [3.05, 3.63) is 0 Å². The highest BCUT2D eigenvalue weighted by molar-refractivity contribution is 5.79. The van der Waals surface area contributed by atoms with Gasteiger partial charge in [0.2, 0.25) is 5.91 Å². The molecule has 3 unspecified atom stereocenters. The molecule has 3 atom stereocenters. The standard InChI is InChI=1S/C14H25F3N2O2/c1-2-4-10(8-18)13(20)19-11-5-3-6-12(7-11)21-9-14(15,16)17/h10-12H,2-9,18H2,1H3,(H,19,20). The van der Waals surface area contributed by atoms with Crippen molar-refractivity contribution in [3.63, 3.8) is 0 Å². The number of carbonyl (C=O) groups excluding carboxylic acids is 1. The van der Waals surface area contributed by atoms with Crippen molar-refractivity contribution in [1.29, 1.82) is 0 Å². The van der Waals surface area contributed by atoms with Crippen LogP contribution >= 0.6 is 0 Å². The van der Waals surface area contributed by atoms with Crippen LogP contribution in [0, 0.1) is 5.92 Å². The Morgan fingerprint density at radius 2 is 2.14 bits per heavy atom. The van der Waals surface area contributed by atoms with Crippen molar-refractivity contribution in [2.24, 2.45) is 11.7 Å². The number of amides is 1. The molecule has 1 fully saturated rings. The lowest BCUT2D eigenvalue weighted by Gasteiger charge is -2.31. The van der Waals surface area contributed by atoms with Crippen molar-refractivity contribution in [2.75, 3.05) is 13.2 Å². The Bertz CT molecular complexity index is 324. The zero-order valence-electron chi connectivity index (χ0n) is 12.4. The Balaban J connectivity index is 2.40. The predicted molar refractivity (Wildman–Crippen MR) is 73.6 cm³/mol. The molecule has 3 N–H and O–H groups in total. The van der Waals surface area contributed by atoms with E-state index in [9.17, 15) is 18.0 Å². The zero-order chi connectivity index (χ0) is 15.9. The maximum Gasteiger partial charge on any atom is 0.411 e. The molecule has 0 heterocycles. The molecule has 0 bridgehead atoms. The van der Waals surface area contributed by atoms with Crippen molar-refractivity contribution in [3.8, 4) is 0 Å². The number of nitrogens with one attached hydrogen (secondary N) is 1. The van der Waals surface area contributed by atoms with Crippen LogP contribution in [0.4, 0.5) is 13.2 Å². The first-order chi connectivity index (χ1) is 9.85. The summed E-state index contributed by atoms with van der Waals surface area (Å²) in [5.74, 6) is -0.313. The average molecular weight is 310 g/mol. The van der Waals surface area contributed by atoms with Gasteiger partial charge in [-0.05, 0) is 32.1 Å². The number of alkyl halides is 3. The fourth-order valence-corrected chi connectivity index (χ4v) is 2.66. The second-order valence-corrected chi connectivity index (χ2v) is 5.64. The van der Waals surface area contributed by atoms with Gasteiger partial charge in [0.1, 0.15) is 6.61 Å². The first-order valence-electron chi connectivity index (χ1n) is 7.54. The van der Waals surface area contributed by atoms with Gasteiger partial charge in [0.15, 0.2) is 0 Å². The minimum atomic E-state index is -4.30. The largest absolute Gasteiger partial charge is 0.411 e. The van der Waals surface area contributed by atoms with Gasteiger partial charge < -0.3 is 15.8 Å². The maximum atomic E-state index is 12.1. The smallest absolute Gasteiger partial charge is 0.369 e. The number of carbonyl (C=O) groups is 1. The summed E-state index contributed by atoms with van der Waals surface area (Å²) >= 11 is 0. The van der Waals surface area contributed by atoms with Gasteiger partial charge in [0.25, 0.3) is 0 Å². The van der Waals surface area contributed by atoms with Crippen molar-refractivity contribution in [1.82, 2.24) is 5.32 Å². The van der Waals surface area contributed by atoms with Crippen LogP contribution in [0.5, 0.6) is 0 Å². The second kappa shape index (κ2) is 8.58. The van der Waals surface area contributed by atoms with Crippen LogP contribution < -0.4 is 11.1 Å². The molecule has 124 valence electrons. The highest BCUT2D eigenvalue weighted by atomic mass is 19.4. The van der Waals surface area contributed by atoms with Crippen LogP contribution in [0.2, 0.25) is 0 Å². The third-order valence-electron chi connectivity index (χ3n) is 3.75. The number of halogens is 3. The molecular weight excluding hydrogens is 285 g/mol. The van der Waals surface area contributed by atoms with Crippen LogP contribution in [-0.2, 0) is 9.53 Å². The fraction of sp³-hybridized carbons (Fsp3) is 0.929. The zero-order valence-corrected chi connectivity index (χ0v) is 12.4. The summed E-state index contributed by atoms with van der Waals surface area (Å²) in [6.07, 6.45) is -0.561. The van der Waals surface area contributed by atoms with Gasteiger partial charge in [-0.1, -0.05) is 13.3 Å². The quantitative estimate of drug-likeness (QED) is 0.759. The van der Waals surface area contributed by atoms with Gasteiger partial charge in [-0.15, -0.1) is 0 Å². The molecule has 4 nitrogen and oxygen atoms in total. The molecule has 0 saturated heterocycles. The van der Waals surface area contributed by atoms with E-state index in [1.165, 1.54) is 0 Å². The summed E-state index contributed by atoms with van der Waals surface area (Å²) < 4.78 is 41.3. The number of nitrogens with two attached hydrogens (primary N) is 1. The van der Waals surface area contributed by atoms with E-state index in [1.54, 1.807) is 0 Å². The minimum absolute atomic E-state index is 0.0965. The molecular formula is C14H25F3N2O2. The van der Waals surface area contributed by atoms with Gasteiger partial charge in [-0.3, -0.25) is 4.79 Å². The van der Waals surface area contributed by atoms with Crippen molar-refractivity contribution in [2.45, 2.75) is 63.8 Å². The van der Waals surface area contributed by atoms with Crippen molar-refractivity contribution < 1.29 is 22.7 Å². The van der Waals surface area contributed by atoms with Gasteiger partial charge in [0.05, 0.1) is 12.0 Å². The normalized spacial score (nSPS) is 24.6. The topological polar surface area (TPSA) is 64.4 Å². The predicted octanol–water partition coefficient (Wildman–Crippen LogP) is 2.37. The number of hydrogen-bond acceptors (Lipinski definition) is 3. The lowest BCUT2D eigenvalue weighted by molar-refractivity contribution is -0.188. The van der Waals surface area contributed by atoms with Gasteiger partial charge in [-0.25, -0.2) is 0 Å². The van der Waals surface area contributed by atoms with E-state index in [0.29, 0.717) is 19.4 Å². The Hall–Kier alpha value is -0.820. The average Bonchev–Trinajstić information content (AvgIpc) is 2.42. The van der Waals surface area contributed by atoms with Crippen LogP contribution in [0.1, 0.15) is 45.4 Å². The molecule has 0 aromatic rings. The molecule has 0 aliphatic heterocycles. The number of hydrogen-bond donors (Lipinski definition) is 2. The van der Waals surface area contributed by atoms with E-state index in [4.69, 9.17) is 10.5 Å². The molecule has 21 heavy (non-hydrogen) atoms. The summed E-state index contributed by atoms with van der Waals surface area (Å²) in [7, 11) is 0. The Morgan fingerprint density at radius 1 is 1.43 bits per heavy atom. The van der Waals surface area contributed by atoms with E-state index in [0.717, 1.165) is 25.7 Å². The maximum absolute atomic E-state index is 12.1. The van der Waals surface area contributed by atoms with Crippen LogP contribution in [0.3, 0.4) is 0 Å². The van der Waals surface area contributed by atoms with Crippen LogP contribution in [-0.4, -0.2) is 37.4 Å². The molecule has 1 rings (SSSR count). The highest BCUT2D eigenvalue weighted by Crippen LogP contribution is 2.24. The summed E-state index contributed by atoms with van der Waals surface area (Å²) in [4.78, 5) is 12.0. The van der Waals surface area contributed by atoms with Crippen molar-refractivity contribution >= 4 is 5.91 Å². The molecule has 0 spiro atoms. The van der Waals surface area contributed by atoms with Gasteiger partial charge in [-0.2, -0.15) is 13.2 Å². The molecule has 0 aromatic carbocycles. The minimum Gasteiger partial charge on any atom is -0.369 e. The molecule has 1 aliphatic carbocycles. The molecule has 0 aromatic heterocycles. The van der Waals surface area contributed by atoms with E-state index in [1.807, 2.05) is 6.92 Å². The molecule has 1 amide bonds. The molecule has 1 aliphatic rings. The first kappa shape index (κ1) is 18.2. The summed E-state index contributed by atoms with van der Waals surface area (Å²) in [5, 5.41) is 2.90. The SMILES string of the molecule is CCCC(CN)C(=O)NC1CCCC(OCC(F)(F)F)C1. The Kier molecular flexibility index (Phi) is 7.45. The summed E-state index contributed by atoms with van der Waals surface area (Å²) in [5.41, 5.74) is 5.58. The Labute approximate surface area is 123 Å². The summed E-state index contributed by atoms with van der Waals surface area (Å²) in [6.45, 7) is 1.05. The van der Waals surface area contributed by atoms with Gasteiger partial charge >= 0.3 is 6.18 Å². The Morgan fingerprint density at radius 3 is 2.71 bits per heavy atom. The molecule has 1 saturated carbocycles. The fourth-order valence-electron chi connectivity index (χ4n) is 2.66. The lowest BCUT2D eigenvalue weighted by Crippen LogP contribution is -2.44. The summed E-state index contributed by atoms with van der Waals surface area (Å²) in [6, 6.07) is -0.115. The number of rotatable bonds is 7. The third kappa shape index (κ3) is 7.13. The van der Waals surface area contributed by atoms with Crippen LogP contribution in [0.25, 0.3) is 0 Å². The van der Waals surface area contributed by atoms with E-state index >= 15 is 0 Å². The second-order valence-electron chi connectivity index (χ2n) is 5.64. The van der Waals surface area contributed by atoms with E-state index < -0.39 is 18.9 Å². The van der Waals surface area contributed by atoms with Crippen LogP contribution in [0.15, 0.2) is 0 Å². The first-order valence-corrected chi connectivity index (χ1v) is 7.54. The monoisotopic (exact) mass is 310 g/mol. The number of ether oxygens (including phenoxy) is 1. The van der Waals surface area contributed by atoms with E-state index in [-0.39, 0.29) is 17.9 Å². The third-order valence-corrected chi connectivity index (χ3v) is 3.75. The highest BCUT2D eigenvalue weighted by Gasteiger charge is 2.32. The molecule has 0 radical (unpaired) electrons. The lowest BCUT2D eigenvalue weighted by atomic mass is 9.92. The molecule has 7 heteroatoms.